The van der Waals surface area contributed by atoms with Crippen molar-refractivity contribution < 1.29 is 14.3 Å². The van der Waals surface area contributed by atoms with Gasteiger partial charge in [0.1, 0.15) is 5.00 Å². The number of hydrogen-bond donors (Lipinski definition) is 2. The van der Waals surface area contributed by atoms with Crippen molar-refractivity contribution in [3.05, 3.63) is 46.1 Å². The van der Waals surface area contributed by atoms with E-state index in [1.54, 1.807) is 35.9 Å². The number of nitrogens with zero attached hydrogens (tertiary/aromatic N) is 2. The summed E-state index contributed by atoms with van der Waals surface area (Å²) >= 11 is 3.52. The van der Waals surface area contributed by atoms with Gasteiger partial charge in [-0.1, -0.05) is 0 Å². The highest BCUT2D eigenvalue weighted by Gasteiger charge is 2.41. The van der Waals surface area contributed by atoms with Crippen molar-refractivity contribution in [1.29, 1.82) is 0 Å². The first-order chi connectivity index (χ1) is 16.2. The number of hydrogen-bond acceptors (Lipinski definition) is 7. The second-order valence-corrected chi connectivity index (χ2v) is 11.1. The third-order valence-corrected chi connectivity index (χ3v) is 9.33. The van der Waals surface area contributed by atoms with E-state index in [9.17, 15) is 9.59 Å². The lowest BCUT2D eigenvalue weighted by atomic mass is 9.93. The number of fused-ring (bicyclic) bond motifs is 1. The molecule has 0 aromatic carbocycles. The maximum atomic E-state index is 13.6. The summed E-state index contributed by atoms with van der Waals surface area (Å²) in [6.45, 7) is 3.96. The van der Waals surface area contributed by atoms with Crippen LogP contribution in [0.3, 0.4) is 0 Å². The number of ether oxygens (including phenoxy) is 1. The minimum absolute atomic E-state index is 0.0146. The monoisotopic (exact) mass is 486 g/mol. The summed E-state index contributed by atoms with van der Waals surface area (Å²) in [6.07, 6.45) is 8.33. The van der Waals surface area contributed by atoms with Crippen molar-refractivity contribution in [3.8, 4) is 0 Å². The summed E-state index contributed by atoms with van der Waals surface area (Å²) in [6, 6.07) is 3.48. The Hall–Kier alpha value is -1.94. The molecule has 1 aliphatic carbocycles. The third-order valence-electron chi connectivity index (χ3n) is 6.89. The summed E-state index contributed by atoms with van der Waals surface area (Å²) < 4.78 is 5.56. The van der Waals surface area contributed by atoms with Gasteiger partial charge in [-0.2, -0.15) is 11.8 Å². The lowest BCUT2D eigenvalue weighted by Gasteiger charge is -2.43. The van der Waals surface area contributed by atoms with Crippen LogP contribution in [0.5, 0.6) is 0 Å². The zero-order valence-electron chi connectivity index (χ0n) is 18.7. The second-order valence-electron chi connectivity index (χ2n) is 8.92. The zero-order valence-corrected chi connectivity index (χ0v) is 20.4. The van der Waals surface area contributed by atoms with Gasteiger partial charge in [-0.15, -0.1) is 11.3 Å². The Bertz CT molecular complexity index is 999. The zero-order chi connectivity index (χ0) is 22.7. The van der Waals surface area contributed by atoms with E-state index in [1.807, 2.05) is 11.8 Å². The molecular formula is C24H30N4O3S2. The smallest absolute Gasteiger partial charge is 0.257 e. The standard InChI is InChI=1S/C24H30N4O3S2/c29-21(17-4-3-8-25-14-17)27-23-20(18-5-1-2-6-19(18)33-23)22(30)26-15-24(7-13-32-16-24)28-9-11-31-12-10-28/h3-4,8,14H,1-2,5-7,9-13,15-16H2,(H,26,30)(H,27,29). The number of aromatic nitrogens is 1. The number of aryl methyl sites for hydroxylation is 1. The van der Waals surface area contributed by atoms with E-state index >= 15 is 0 Å². The van der Waals surface area contributed by atoms with Crippen LogP contribution >= 0.6 is 23.1 Å². The fourth-order valence-electron chi connectivity index (χ4n) is 5.03. The number of pyridine rings is 1. The van der Waals surface area contributed by atoms with Gasteiger partial charge in [0.05, 0.1) is 24.3 Å². The Morgan fingerprint density at radius 1 is 1.18 bits per heavy atom. The number of morpholine rings is 1. The lowest BCUT2D eigenvalue weighted by Crippen LogP contribution is -2.59. The molecule has 0 bridgehead atoms. The molecule has 2 aliphatic heterocycles. The topological polar surface area (TPSA) is 83.6 Å². The van der Waals surface area contributed by atoms with Crippen LogP contribution in [0.15, 0.2) is 24.5 Å². The summed E-state index contributed by atoms with van der Waals surface area (Å²) in [5.74, 6) is 1.85. The number of thiophene rings is 1. The number of anilines is 1. The van der Waals surface area contributed by atoms with Crippen LogP contribution in [0.4, 0.5) is 5.00 Å². The van der Waals surface area contributed by atoms with Gasteiger partial charge in [-0.05, 0) is 55.6 Å². The first-order valence-electron chi connectivity index (χ1n) is 11.7. The van der Waals surface area contributed by atoms with E-state index in [0.717, 1.165) is 75.5 Å². The molecule has 0 saturated carbocycles. The molecule has 2 aromatic heterocycles. The van der Waals surface area contributed by atoms with Gasteiger partial charge in [-0.3, -0.25) is 19.5 Å². The molecule has 2 amide bonds. The van der Waals surface area contributed by atoms with Crippen LogP contribution in [-0.4, -0.2) is 71.6 Å². The van der Waals surface area contributed by atoms with Crippen LogP contribution in [0.1, 0.15) is 50.4 Å². The molecule has 9 heteroatoms. The molecule has 3 aliphatic rings. The molecule has 4 heterocycles. The number of carbonyl (C=O) groups excluding carboxylic acids is 2. The number of carbonyl (C=O) groups is 2. The normalized spacial score (nSPS) is 23.2. The Morgan fingerprint density at radius 3 is 2.79 bits per heavy atom. The van der Waals surface area contributed by atoms with Crippen molar-refractivity contribution in [2.45, 2.75) is 37.6 Å². The molecule has 0 radical (unpaired) electrons. The quantitative estimate of drug-likeness (QED) is 0.652. The average molecular weight is 487 g/mol. The van der Waals surface area contributed by atoms with Crippen molar-refractivity contribution in [3.63, 3.8) is 0 Å². The van der Waals surface area contributed by atoms with Gasteiger partial charge in [0.25, 0.3) is 11.8 Å². The highest BCUT2D eigenvalue weighted by atomic mass is 32.2. The molecule has 176 valence electrons. The largest absolute Gasteiger partial charge is 0.379 e. The van der Waals surface area contributed by atoms with Gasteiger partial charge in [0.2, 0.25) is 0 Å². The SMILES string of the molecule is O=C(Nc1sc2c(c1C(=O)NCC1(N3CCOCC3)CCSC1)CCCC2)c1cccnc1. The fourth-order valence-corrected chi connectivity index (χ4v) is 7.79. The van der Waals surface area contributed by atoms with Crippen LogP contribution < -0.4 is 10.6 Å². The summed E-state index contributed by atoms with van der Waals surface area (Å²) in [5.41, 5.74) is 2.25. The van der Waals surface area contributed by atoms with Crippen LogP contribution in [0.25, 0.3) is 0 Å². The van der Waals surface area contributed by atoms with Gasteiger partial charge in [0.15, 0.2) is 0 Å². The Balaban J connectivity index is 1.36. The maximum absolute atomic E-state index is 13.6. The molecule has 2 aromatic rings. The number of thioether (sulfide) groups is 1. The Kier molecular flexibility index (Phi) is 7.01. The fraction of sp³-hybridized carbons (Fsp3) is 0.542. The molecule has 2 fully saturated rings. The number of rotatable bonds is 6. The molecule has 5 rings (SSSR count). The van der Waals surface area contributed by atoms with Crippen LogP contribution in [0, 0.1) is 0 Å². The van der Waals surface area contributed by atoms with Crippen molar-refractivity contribution >= 4 is 39.9 Å². The van der Waals surface area contributed by atoms with E-state index in [1.165, 1.54) is 4.88 Å². The van der Waals surface area contributed by atoms with Crippen molar-refractivity contribution in [1.82, 2.24) is 15.2 Å². The summed E-state index contributed by atoms with van der Waals surface area (Å²) in [4.78, 5) is 34.2. The number of nitrogens with one attached hydrogen (secondary N) is 2. The second kappa shape index (κ2) is 10.1. The Morgan fingerprint density at radius 2 is 2.03 bits per heavy atom. The molecule has 1 atom stereocenters. The Labute approximate surface area is 202 Å². The average Bonchev–Trinajstić information content (AvgIpc) is 3.49. The molecule has 0 spiro atoms. The van der Waals surface area contributed by atoms with E-state index in [-0.39, 0.29) is 17.4 Å². The van der Waals surface area contributed by atoms with Crippen LogP contribution in [0.2, 0.25) is 0 Å². The summed E-state index contributed by atoms with van der Waals surface area (Å²) in [5, 5.41) is 6.95. The van der Waals surface area contributed by atoms with Gasteiger partial charge in [0, 0.05) is 48.2 Å². The van der Waals surface area contributed by atoms with Gasteiger partial charge in [-0.25, -0.2) is 0 Å². The first kappa shape index (κ1) is 22.8. The summed E-state index contributed by atoms with van der Waals surface area (Å²) in [7, 11) is 0. The molecule has 1 unspecified atom stereocenters. The highest BCUT2D eigenvalue weighted by molar-refractivity contribution is 7.99. The molecule has 2 N–H and O–H groups in total. The van der Waals surface area contributed by atoms with Gasteiger partial charge < -0.3 is 15.4 Å². The van der Waals surface area contributed by atoms with Crippen molar-refractivity contribution in [2.24, 2.45) is 0 Å². The van der Waals surface area contributed by atoms with Gasteiger partial charge >= 0.3 is 0 Å². The van der Waals surface area contributed by atoms with Crippen LogP contribution in [-0.2, 0) is 17.6 Å². The molecular weight excluding hydrogens is 456 g/mol. The predicted octanol–water partition coefficient (Wildman–Crippen LogP) is 3.21. The predicted molar refractivity (Wildman–Crippen MR) is 133 cm³/mol. The van der Waals surface area contributed by atoms with E-state index in [4.69, 9.17) is 4.74 Å². The molecule has 2 saturated heterocycles. The van der Waals surface area contributed by atoms with E-state index in [0.29, 0.717) is 22.7 Å². The highest BCUT2D eigenvalue weighted by Crippen LogP contribution is 2.39. The minimum atomic E-state index is -0.229. The maximum Gasteiger partial charge on any atom is 0.257 e. The number of amides is 2. The van der Waals surface area contributed by atoms with Crippen molar-refractivity contribution in [2.75, 3.05) is 49.7 Å². The van der Waals surface area contributed by atoms with E-state index in [2.05, 4.69) is 20.5 Å². The third kappa shape index (κ3) is 4.82. The molecule has 33 heavy (non-hydrogen) atoms. The molecule has 7 nitrogen and oxygen atoms in total. The van der Waals surface area contributed by atoms with E-state index < -0.39 is 0 Å². The first-order valence-corrected chi connectivity index (χ1v) is 13.7. The minimum Gasteiger partial charge on any atom is -0.379 e. The lowest BCUT2D eigenvalue weighted by molar-refractivity contribution is -0.0129.